The Kier molecular flexibility index (Phi) is 6.14. The number of aromatic nitrogens is 2. The van der Waals surface area contributed by atoms with E-state index >= 15 is 8.78 Å². The second-order valence-electron chi connectivity index (χ2n) is 9.16. The van der Waals surface area contributed by atoms with Crippen molar-refractivity contribution in [3.63, 3.8) is 0 Å². The van der Waals surface area contributed by atoms with E-state index in [-0.39, 0.29) is 40.4 Å². The highest BCUT2D eigenvalue weighted by molar-refractivity contribution is 7.18. The molecule has 12 heteroatoms. The van der Waals surface area contributed by atoms with Crippen molar-refractivity contribution in [1.29, 1.82) is 5.26 Å². The molecule has 2 aliphatic rings. The van der Waals surface area contributed by atoms with Gasteiger partial charge in [-0.15, -0.1) is 11.3 Å². The fourth-order valence-electron chi connectivity index (χ4n) is 4.78. The van der Waals surface area contributed by atoms with Gasteiger partial charge in [0, 0.05) is 30.0 Å². The Bertz CT molecular complexity index is 1470. The Morgan fingerprint density at radius 1 is 1.30 bits per heavy atom. The lowest BCUT2D eigenvalue weighted by Crippen LogP contribution is -2.58. The molecule has 1 aliphatic heterocycles. The molecule has 1 N–H and O–H groups in total. The van der Waals surface area contributed by atoms with Crippen molar-refractivity contribution in [2.75, 3.05) is 11.9 Å². The van der Waals surface area contributed by atoms with E-state index in [4.69, 9.17) is 0 Å². The van der Waals surface area contributed by atoms with E-state index < -0.39 is 30.5 Å². The van der Waals surface area contributed by atoms with E-state index in [1.165, 1.54) is 6.07 Å². The summed E-state index contributed by atoms with van der Waals surface area (Å²) in [6.07, 6.45) is -2.26. The third-order valence-corrected chi connectivity index (χ3v) is 7.73. The van der Waals surface area contributed by atoms with Gasteiger partial charge in [0.15, 0.2) is 0 Å². The van der Waals surface area contributed by atoms with E-state index in [0.717, 1.165) is 44.8 Å². The van der Waals surface area contributed by atoms with Gasteiger partial charge in [0.2, 0.25) is 0 Å². The molecule has 1 atom stereocenters. The van der Waals surface area contributed by atoms with Crippen LogP contribution >= 0.6 is 11.3 Å². The van der Waals surface area contributed by atoms with E-state index in [0.29, 0.717) is 12.0 Å². The average molecular weight is 534 g/mol. The van der Waals surface area contributed by atoms with Gasteiger partial charge in [-0.1, -0.05) is 12.1 Å². The third kappa shape index (κ3) is 4.75. The minimum atomic E-state index is -4.42. The summed E-state index contributed by atoms with van der Waals surface area (Å²) < 4.78 is 68.9. The van der Waals surface area contributed by atoms with Crippen molar-refractivity contribution in [1.82, 2.24) is 14.9 Å². The highest BCUT2D eigenvalue weighted by atomic mass is 32.1. The summed E-state index contributed by atoms with van der Waals surface area (Å²) in [4.78, 5) is 22.1. The second-order valence-corrected chi connectivity index (χ2v) is 10.3. The predicted molar refractivity (Wildman–Crippen MR) is 128 cm³/mol. The number of hydrogen-bond donors (Lipinski definition) is 1. The molecule has 5 rings (SSSR count). The molecule has 3 aromatic rings. The van der Waals surface area contributed by atoms with Gasteiger partial charge in [0.05, 0.1) is 17.9 Å². The van der Waals surface area contributed by atoms with Crippen LogP contribution in [0.2, 0.25) is 0 Å². The molecule has 1 amide bonds. The van der Waals surface area contributed by atoms with Crippen LogP contribution in [-0.4, -0.2) is 45.5 Å². The summed E-state index contributed by atoms with van der Waals surface area (Å²) in [5, 5.41) is 12.0. The predicted octanol–water partition coefficient (Wildman–Crippen LogP) is 5.42. The van der Waals surface area contributed by atoms with Gasteiger partial charge in [0.25, 0.3) is 5.91 Å². The van der Waals surface area contributed by atoms with Crippen molar-refractivity contribution < 1.29 is 26.7 Å². The maximum absolute atomic E-state index is 15.3. The SMILES string of the molecule is Cc1c(CN2CCC(Nc3ncnc4sc(CC(F)(F)F)cc34)C(F)(F)C2=O)ccc2c1C=C(C#N)C2. The number of allylic oxidation sites excluding steroid dienone is 1. The molecule has 1 aromatic carbocycles. The van der Waals surface area contributed by atoms with Crippen molar-refractivity contribution in [3.05, 3.63) is 57.2 Å². The summed E-state index contributed by atoms with van der Waals surface area (Å²) in [6, 6.07) is 5.45. The first kappa shape index (κ1) is 25.1. The van der Waals surface area contributed by atoms with Crippen molar-refractivity contribution in [2.45, 2.75) is 50.9 Å². The maximum Gasteiger partial charge on any atom is 0.393 e. The van der Waals surface area contributed by atoms with Gasteiger partial charge >= 0.3 is 12.1 Å². The Hall–Kier alpha value is -3.59. The first-order chi connectivity index (χ1) is 17.5. The summed E-state index contributed by atoms with van der Waals surface area (Å²) in [6.45, 7) is 1.90. The van der Waals surface area contributed by atoms with Crippen LogP contribution in [0.15, 0.2) is 30.1 Å². The number of benzene rings is 1. The standard InChI is InChI=1S/C25H20F5N5OS/c1-13-16(3-2-15-6-14(10-31)7-18(13)15)11-35-5-4-20(25(29,30)23(35)36)34-21-19-8-17(9-24(26,27)28)37-22(19)33-12-32-21/h2-3,7-8,12,20H,4-6,9,11H2,1H3,(H,32,33,34). The first-order valence-corrected chi connectivity index (χ1v) is 12.2. The number of halogens is 5. The number of hydrogen-bond acceptors (Lipinski definition) is 6. The fourth-order valence-corrected chi connectivity index (χ4v) is 5.80. The normalized spacial score (nSPS) is 19.1. The molecule has 1 fully saturated rings. The van der Waals surface area contributed by atoms with Crippen LogP contribution in [0.1, 0.15) is 33.6 Å². The number of anilines is 1. The number of amides is 1. The molecule has 37 heavy (non-hydrogen) atoms. The van der Waals surface area contributed by atoms with E-state index in [9.17, 15) is 23.2 Å². The molecule has 0 bridgehead atoms. The minimum Gasteiger partial charge on any atom is -0.360 e. The highest BCUT2D eigenvalue weighted by Crippen LogP contribution is 2.37. The maximum atomic E-state index is 15.3. The van der Waals surface area contributed by atoms with E-state index in [2.05, 4.69) is 21.4 Å². The van der Waals surface area contributed by atoms with Crippen molar-refractivity contribution in [3.8, 4) is 6.07 Å². The number of carbonyl (C=O) groups is 1. The van der Waals surface area contributed by atoms with Crippen LogP contribution in [-0.2, 0) is 24.2 Å². The Morgan fingerprint density at radius 2 is 2.08 bits per heavy atom. The van der Waals surface area contributed by atoms with Crippen LogP contribution in [0.4, 0.5) is 27.8 Å². The zero-order valence-electron chi connectivity index (χ0n) is 19.5. The van der Waals surface area contributed by atoms with E-state index in [1.54, 1.807) is 12.1 Å². The number of thiophene rings is 1. The quantitative estimate of drug-likeness (QED) is 0.443. The average Bonchev–Trinajstić information content (AvgIpc) is 3.43. The van der Waals surface area contributed by atoms with Gasteiger partial charge in [0.1, 0.15) is 23.0 Å². The zero-order chi connectivity index (χ0) is 26.5. The summed E-state index contributed by atoms with van der Waals surface area (Å²) in [5.41, 5.74) is 4.06. The fraction of sp³-hybridized carbons (Fsp3) is 0.360. The number of piperidine rings is 1. The lowest BCUT2D eigenvalue weighted by atomic mass is 9.96. The zero-order valence-corrected chi connectivity index (χ0v) is 20.3. The molecule has 3 heterocycles. The molecule has 6 nitrogen and oxygen atoms in total. The second kappa shape index (κ2) is 9.06. The van der Waals surface area contributed by atoms with Crippen LogP contribution in [0, 0.1) is 18.3 Å². The number of alkyl halides is 5. The number of nitrogens with one attached hydrogen (secondary N) is 1. The van der Waals surface area contributed by atoms with Gasteiger partial charge in [-0.25, -0.2) is 9.97 Å². The monoisotopic (exact) mass is 533 g/mol. The lowest BCUT2D eigenvalue weighted by Gasteiger charge is -2.38. The van der Waals surface area contributed by atoms with E-state index in [1.807, 2.05) is 13.0 Å². The number of likely N-dealkylation sites (tertiary alicyclic amines) is 1. The van der Waals surface area contributed by atoms with Crippen LogP contribution < -0.4 is 5.32 Å². The number of nitriles is 1. The summed E-state index contributed by atoms with van der Waals surface area (Å²) in [7, 11) is 0. The van der Waals surface area contributed by atoms with Crippen molar-refractivity contribution in [2.24, 2.45) is 0 Å². The molecule has 1 unspecified atom stereocenters. The number of carbonyl (C=O) groups excluding carboxylic acids is 1. The molecule has 192 valence electrons. The first-order valence-electron chi connectivity index (χ1n) is 11.4. The Labute approximate surface area is 212 Å². The number of fused-ring (bicyclic) bond motifs is 2. The molecule has 2 aromatic heterocycles. The Balaban J connectivity index is 1.34. The summed E-state index contributed by atoms with van der Waals surface area (Å²) in [5.74, 6) is -5.13. The molecule has 0 saturated carbocycles. The van der Waals surface area contributed by atoms with Crippen LogP contribution in [0.5, 0.6) is 0 Å². The largest absolute Gasteiger partial charge is 0.393 e. The molecule has 1 aliphatic carbocycles. The molecular formula is C25H20F5N5OS. The van der Waals surface area contributed by atoms with Gasteiger partial charge in [-0.2, -0.15) is 27.2 Å². The Morgan fingerprint density at radius 3 is 2.81 bits per heavy atom. The highest BCUT2D eigenvalue weighted by Gasteiger charge is 2.53. The van der Waals surface area contributed by atoms with Crippen LogP contribution in [0.25, 0.3) is 16.3 Å². The number of nitrogens with zero attached hydrogens (tertiary/aromatic N) is 4. The van der Waals surface area contributed by atoms with Gasteiger partial charge < -0.3 is 10.2 Å². The molecule has 0 radical (unpaired) electrons. The smallest absolute Gasteiger partial charge is 0.360 e. The lowest BCUT2D eigenvalue weighted by molar-refractivity contribution is -0.166. The van der Waals surface area contributed by atoms with Gasteiger partial charge in [-0.05, 0) is 47.7 Å². The third-order valence-electron chi connectivity index (χ3n) is 6.69. The van der Waals surface area contributed by atoms with Gasteiger partial charge in [-0.3, -0.25) is 4.79 Å². The molecule has 1 saturated heterocycles. The summed E-state index contributed by atoms with van der Waals surface area (Å²) >= 11 is 0.818. The number of rotatable bonds is 5. The molecule has 0 spiro atoms. The van der Waals surface area contributed by atoms with Crippen LogP contribution in [0.3, 0.4) is 0 Å². The van der Waals surface area contributed by atoms with Crippen molar-refractivity contribution >= 4 is 39.4 Å². The molecular weight excluding hydrogens is 513 g/mol. The minimum absolute atomic E-state index is 0.000924. The topological polar surface area (TPSA) is 81.9 Å².